The Bertz CT molecular complexity index is 749. The maximum absolute atomic E-state index is 11.1. The Kier molecular flexibility index (Phi) is 3.55. The first-order valence-electron chi connectivity index (χ1n) is 8.42. The van der Waals surface area contributed by atoms with Crippen molar-refractivity contribution < 1.29 is 14.6 Å². The van der Waals surface area contributed by atoms with Crippen molar-refractivity contribution in [2.75, 3.05) is 7.11 Å². The van der Waals surface area contributed by atoms with Gasteiger partial charge in [-0.3, -0.25) is 4.79 Å². The molecule has 0 amide bonds. The molecule has 2 saturated carbocycles. The SMILES string of the molecule is COc1ccc(C2(c3cn(C4CCC(C(=O)O)C4)nn3)CC2)cc1. The summed E-state index contributed by atoms with van der Waals surface area (Å²) in [4.78, 5) is 11.1. The Labute approximate surface area is 140 Å². The molecule has 0 saturated heterocycles. The van der Waals surface area contributed by atoms with Gasteiger partial charge in [0.25, 0.3) is 0 Å². The topological polar surface area (TPSA) is 77.2 Å². The molecule has 1 heterocycles. The molecule has 2 fully saturated rings. The second-order valence-electron chi connectivity index (χ2n) is 6.90. The Morgan fingerprint density at radius 2 is 2.04 bits per heavy atom. The number of aromatic nitrogens is 3. The fourth-order valence-electron chi connectivity index (χ4n) is 3.82. The highest BCUT2D eigenvalue weighted by molar-refractivity contribution is 5.70. The van der Waals surface area contributed by atoms with Crippen molar-refractivity contribution in [2.24, 2.45) is 5.92 Å². The minimum absolute atomic E-state index is 0.0324. The average Bonchev–Trinajstić information content (AvgIpc) is 3.03. The van der Waals surface area contributed by atoms with Gasteiger partial charge < -0.3 is 9.84 Å². The van der Waals surface area contributed by atoms with E-state index in [4.69, 9.17) is 9.84 Å². The van der Waals surface area contributed by atoms with Crippen molar-refractivity contribution >= 4 is 5.97 Å². The summed E-state index contributed by atoms with van der Waals surface area (Å²) in [7, 11) is 1.67. The number of aliphatic carboxylic acids is 1. The zero-order valence-corrected chi connectivity index (χ0v) is 13.7. The van der Waals surface area contributed by atoms with Crippen LogP contribution in [0.3, 0.4) is 0 Å². The monoisotopic (exact) mass is 327 g/mol. The number of carboxylic acid groups (broad SMARTS) is 1. The van der Waals surface area contributed by atoms with Crippen LogP contribution in [0.2, 0.25) is 0 Å². The number of nitrogens with zero attached hydrogens (tertiary/aromatic N) is 3. The minimum atomic E-state index is -0.699. The van der Waals surface area contributed by atoms with E-state index in [2.05, 4.69) is 22.4 Å². The molecule has 6 nitrogen and oxygen atoms in total. The minimum Gasteiger partial charge on any atom is -0.497 e. The molecule has 2 aromatic rings. The predicted octanol–water partition coefficient (Wildman–Crippen LogP) is 2.79. The summed E-state index contributed by atoms with van der Waals surface area (Å²) in [5, 5.41) is 17.9. The number of rotatable bonds is 5. The van der Waals surface area contributed by atoms with Gasteiger partial charge in [0, 0.05) is 11.6 Å². The fourth-order valence-corrected chi connectivity index (χ4v) is 3.82. The third kappa shape index (κ3) is 2.46. The van der Waals surface area contributed by atoms with Crippen LogP contribution < -0.4 is 4.74 Å². The maximum atomic E-state index is 11.1. The molecule has 0 bridgehead atoms. The lowest BCUT2D eigenvalue weighted by molar-refractivity contribution is -0.141. The Morgan fingerprint density at radius 1 is 1.29 bits per heavy atom. The summed E-state index contributed by atoms with van der Waals surface area (Å²) in [5.74, 6) is -0.0993. The Balaban J connectivity index is 1.55. The van der Waals surface area contributed by atoms with Crippen molar-refractivity contribution in [3.05, 3.63) is 41.7 Å². The second-order valence-corrected chi connectivity index (χ2v) is 6.90. The standard InChI is InChI=1S/C18H21N3O3/c1-24-15-6-3-13(4-7-15)18(8-9-18)16-11-21(20-19-16)14-5-2-12(10-14)17(22)23/h3-4,6-7,11-12,14H,2,5,8-10H2,1H3,(H,22,23). The lowest BCUT2D eigenvalue weighted by Gasteiger charge is -2.13. The molecule has 2 aliphatic carbocycles. The lowest BCUT2D eigenvalue weighted by atomic mass is 9.93. The molecule has 126 valence electrons. The van der Waals surface area contributed by atoms with E-state index in [1.807, 2.05) is 23.0 Å². The molecule has 1 aromatic heterocycles. The van der Waals surface area contributed by atoms with Crippen molar-refractivity contribution in [1.29, 1.82) is 0 Å². The number of hydrogen-bond acceptors (Lipinski definition) is 4. The van der Waals surface area contributed by atoms with Gasteiger partial charge in [0.1, 0.15) is 5.75 Å². The van der Waals surface area contributed by atoms with Gasteiger partial charge in [0.05, 0.1) is 24.8 Å². The van der Waals surface area contributed by atoms with Crippen LogP contribution >= 0.6 is 0 Å². The largest absolute Gasteiger partial charge is 0.497 e. The average molecular weight is 327 g/mol. The summed E-state index contributed by atoms with van der Waals surface area (Å²) in [6, 6.07) is 8.31. The smallest absolute Gasteiger partial charge is 0.306 e. The molecule has 0 spiro atoms. The van der Waals surface area contributed by atoms with Crippen molar-refractivity contribution in [3.63, 3.8) is 0 Å². The molecule has 6 heteroatoms. The molecular weight excluding hydrogens is 306 g/mol. The van der Waals surface area contributed by atoms with Gasteiger partial charge in [-0.2, -0.15) is 0 Å². The highest BCUT2D eigenvalue weighted by Crippen LogP contribution is 2.53. The highest BCUT2D eigenvalue weighted by Gasteiger charge is 2.48. The molecule has 0 radical (unpaired) electrons. The second kappa shape index (κ2) is 5.61. The normalized spacial score (nSPS) is 24.7. The lowest BCUT2D eigenvalue weighted by Crippen LogP contribution is -2.12. The van der Waals surface area contributed by atoms with Crippen LogP contribution in [0.15, 0.2) is 30.5 Å². The Morgan fingerprint density at radius 3 is 2.62 bits per heavy atom. The van der Waals surface area contributed by atoms with Gasteiger partial charge in [-0.25, -0.2) is 4.68 Å². The fraction of sp³-hybridized carbons (Fsp3) is 0.500. The van der Waals surface area contributed by atoms with Gasteiger partial charge in [-0.1, -0.05) is 17.3 Å². The van der Waals surface area contributed by atoms with Crippen molar-refractivity contribution in [2.45, 2.75) is 43.6 Å². The number of methoxy groups -OCH3 is 1. The van der Waals surface area contributed by atoms with E-state index in [0.29, 0.717) is 6.42 Å². The van der Waals surface area contributed by atoms with Gasteiger partial charge in [0.15, 0.2) is 0 Å². The molecule has 24 heavy (non-hydrogen) atoms. The molecule has 1 N–H and O–H groups in total. The van der Waals surface area contributed by atoms with Gasteiger partial charge in [-0.05, 0) is 49.8 Å². The molecule has 0 aliphatic heterocycles. The summed E-state index contributed by atoms with van der Waals surface area (Å²) < 4.78 is 7.11. The molecule has 4 rings (SSSR count). The van der Waals surface area contributed by atoms with E-state index < -0.39 is 5.97 Å². The first-order chi connectivity index (χ1) is 11.6. The van der Waals surface area contributed by atoms with Gasteiger partial charge >= 0.3 is 5.97 Å². The molecule has 2 aliphatic rings. The van der Waals surface area contributed by atoms with Crippen LogP contribution in [0.5, 0.6) is 5.75 Å². The van der Waals surface area contributed by atoms with E-state index in [1.165, 1.54) is 5.56 Å². The molecular formula is C18H21N3O3. The van der Waals surface area contributed by atoms with Crippen molar-refractivity contribution in [1.82, 2.24) is 15.0 Å². The van der Waals surface area contributed by atoms with Crippen LogP contribution in [0.4, 0.5) is 0 Å². The molecule has 2 atom stereocenters. The quantitative estimate of drug-likeness (QED) is 0.914. The summed E-state index contributed by atoms with van der Waals surface area (Å²) in [6.45, 7) is 0. The van der Waals surface area contributed by atoms with Gasteiger partial charge in [0.2, 0.25) is 0 Å². The number of benzene rings is 1. The van der Waals surface area contributed by atoms with E-state index >= 15 is 0 Å². The van der Waals surface area contributed by atoms with E-state index in [1.54, 1.807) is 7.11 Å². The first-order valence-corrected chi connectivity index (χ1v) is 8.42. The summed E-state index contributed by atoms with van der Waals surface area (Å²) >= 11 is 0. The zero-order chi connectivity index (χ0) is 16.7. The Hall–Kier alpha value is -2.37. The van der Waals surface area contributed by atoms with Crippen LogP contribution in [0, 0.1) is 5.92 Å². The highest BCUT2D eigenvalue weighted by atomic mass is 16.5. The van der Waals surface area contributed by atoms with Crippen LogP contribution in [-0.4, -0.2) is 33.2 Å². The summed E-state index contributed by atoms with van der Waals surface area (Å²) in [5.41, 5.74) is 2.20. The third-order valence-electron chi connectivity index (χ3n) is 5.52. The van der Waals surface area contributed by atoms with E-state index in [0.717, 1.165) is 37.1 Å². The maximum Gasteiger partial charge on any atom is 0.306 e. The van der Waals surface area contributed by atoms with E-state index in [-0.39, 0.29) is 17.4 Å². The van der Waals surface area contributed by atoms with Crippen LogP contribution in [-0.2, 0) is 10.2 Å². The molecule has 1 aromatic carbocycles. The molecule has 2 unspecified atom stereocenters. The van der Waals surface area contributed by atoms with Crippen LogP contribution in [0.25, 0.3) is 0 Å². The number of carboxylic acids is 1. The predicted molar refractivity (Wildman–Crippen MR) is 87.0 cm³/mol. The van der Waals surface area contributed by atoms with Gasteiger partial charge in [-0.15, -0.1) is 5.10 Å². The number of ether oxygens (including phenoxy) is 1. The summed E-state index contributed by atoms with van der Waals surface area (Å²) in [6.07, 6.45) is 6.38. The van der Waals surface area contributed by atoms with E-state index in [9.17, 15) is 4.79 Å². The van der Waals surface area contributed by atoms with Crippen LogP contribution in [0.1, 0.15) is 49.4 Å². The number of hydrogen-bond donors (Lipinski definition) is 1. The third-order valence-corrected chi connectivity index (χ3v) is 5.52. The van der Waals surface area contributed by atoms with Crippen molar-refractivity contribution in [3.8, 4) is 5.75 Å². The zero-order valence-electron chi connectivity index (χ0n) is 13.7. The number of carbonyl (C=O) groups is 1. The first kappa shape index (κ1) is 15.2.